The minimum Gasteiger partial charge on any atom is -0.358 e. The van der Waals surface area contributed by atoms with E-state index in [1.54, 1.807) is 37.6 Å². The third-order valence-corrected chi connectivity index (χ3v) is 4.55. The highest BCUT2D eigenvalue weighted by Crippen LogP contribution is 2.17. The number of nitrogens with one attached hydrogen (secondary N) is 3. The summed E-state index contributed by atoms with van der Waals surface area (Å²) in [5, 5.41) is 19.7. The van der Waals surface area contributed by atoms with Crippen molar-refractivity contribution in [2.24, 2.45) is 9.98 Å². The Balaban J connectivity index is 1.90. The fraction of sp³-hybridized carbons (Fsp3) is 0.227. The summed E-state index contributed by atoms with van der Waals surface area (Å²) in [6.07, 6.45) is 1.13. The second kappa shape index (κ2) is 9.16. The number of methoxy groups -OCH3 is 1. The summed E-state index contributed by atoms with van der Waals surface area (Å²) in [5.41, 5.74) is 1.77. The van der Waals surface area contributed by atoms with E-state index in [-0.39, 0.29) is 11.4 Å². The van der Waals surface area contributed by atoms with Gasteiger partial charge in [0.1, 0.15) is 17.6 Å². The van der Waals surface area contributed by atoms with Crippen LogP contribution in [0.3, 0.4) is 0 Å². The SMILES string of the molecule is COC1CN=CC(NC(C(=O)C(=N)C(=N)c2ccccc2)c2ccc(C)cc2)=N1. The first-order chi connectivity index (χ1) is 14.0. The zero-order valence-corrected chi connectivity index (χ0v) is 16.3. The van der Waals surface area contributed by atoms with Crippen molar-refractivity contribution in [2.45, 2.75) is 19.2 Å². The maximum absolute atomic E-state index is 13.2. The van der Waals surface area contributed by atoms with Gasteiger partial charge in [0.05, 0.1) is 18.5 Å². The highest BCUT2D eigenvalue weighted by Gasteiger charge is 2.28. The number of Topliss-reactive ketones (excluding diaryl/α,β-unsaturated/α-hetero) is 1. The van der Waals surface area contributed by atoms with Gasteiger partial charge in [0, 0.05) is 12.7 Å². The maximum atomic E-state index is 13.2. The molecule has 0 saturated carbocycles. The van der Waals surface area contributed by atoms with Crippen molar-refractivity contribution >= 4 is 29.3 Å². The Bertz CT molecular complexity index is 964. The Morgan fingerprint density at radius 1 is 1.14 bits per heavy atom. The van der Waals surface area contributed by atoms with E-state index in [0.717, 1.165) is 5.56 Å². The number of hydrogen-bond donors (Lipinski definition) is 3. The number of aryl methyl sites for hydroxylation is 1. The second-order valence-electron chi connectivity index (χ2n) is 6.67. The van der Waals surface area contributed by atoms with E-state index in [4.69, 9.17) is 15.6 Å². The average Bonchev–Trinajstić information content (AvgIpc) is 2.77. The number of amidine groups is 1. The van der Waals surface area contributed by atoms with Crippen molar-refractivity contribution in [1.82, 2.24) is 5.32 Å². The number of carbonyl (C=O) groups is 1. The summed E-state index contributed by atoms with van der Waals surface area (Å²) in [6.45, 7) is 2.38. The Morgan fingerprint density at radius 3 is 2.48 bits per heavy atom. The monoisotopic (exact) mass is 389 g/mol. The van der Waals surface area contributed by atoms with Gasteiger partial charge >= 0.3 is 0 Å². The van der Waals surface area contributed by atoms with Crippen LogP contribution in [0.25, 0.3) is 0 Å². The molecule has 0 fully saturated rings. The molecule has 0 aliphatic carbocycles. The molecule has 0 aromatic heterocycles. The van der Waals surface area contributed by atoms with E-state index < -0.39 is 18.1 Å². The first-order valence-electron chi connectivity index (χ1n) is 9.20. The fourth-order valence-electron chi connectivity index (χ4n) is 2.88. The summed E-state index contributed by atoms with van der Waals surface area (Å²) in [5.74, 6) is -0.112. The summed E-state index contributed by atoms with van der Waals surface area (Å²) in [7, 11) is 1.55. The highest BCUT2D eigenvalue weighted by molar-refractivity contribution is 6.69. The molecule has 0 bridgehead atoms. The molecular weight excluding hydrogens is 366 g/mol. The van der Waals surface area contributed by atoms with Crippen molar-refractivity contribution < 1.29 is 9.53 Å². The van der Waals surface area contributed by atoms with E-state index in [1.165, 1.54) is 0 Å². The molecular formula is C22H23N5O2. The molecule has 2 atom stereocenters. The summed E-state index contributed by atoms with van der Waals surface area (Å²) in [6, 6.07) is 15.4. The Morgan fingerprint density at radius 2 is 1.83 bits per heavy atom. The van der Waals surface area contributed by atoms with Gasteiger partial charge in [-0.05, 0) is 12.5 Å². The van der Waals surface area contributed by atoms with Gasteiger partial charge in [-0.3, -0.25) is 20.6 Å². The largest absolute Gasteiger partial charge is 0.358 e. The van der Waals surface area contributed by atoms with E-state index in [0.29, 0.717) is 23.5 Å². The van der Waals surface area contributed by atoms with Crippen LogP contribution in [-0.4, -0.2) is 49.1 Å². The molecule has 0 spiro atoms. The number of rotatable bonds is 7. The molecule has 148 valence electrons. The van der Waals surface area contributed by atoms with Gasteiger partial charge < -0.3 is 10.1 Å². The molecule has 1 aliphatic heterocycles. The zero-order valence-electron chi connectivity index (χ0n) is 16.3. The molecule has 2 aromatic rings. The predicted octanol–water partition coefficient (Wildman–Crippen LogP) is 2.74. The quantitative estimate of drug-likeness (QED) is 0.633. The van der Waals surface area contributed by atoms with Crippen LogP contribution in [0.5, 0.6) is 0 Å². The summed E-state index contributed by atoms with van der Waals surface area (Å²) in [4.78, 5) is 21.8. The van der Waals surface area contributed by atoms with Gasteiger partial charge in [0.2, 0.25) is 5.78 Å². The van der Waals surface area contributed by atoms with Crippen LogP contribution >= 0.6 is 0 Å². The number of aliphatic imine (C=N–C) groups is 2. The second-order valence-corrected chi connectivity index (χ2v) is 6.67. The Labute approximate surface area is 169 Å². The van der Waals surface area contributed by atoms with Crippen molar-refractivity contribution in [3.63, 3.8) is 0 Å². The smallest absolute Gasteiger partial charge is 0.209 e. The zero-order chi connectivity index (χ0) is 20.8. The van der Waals surface area contributed by atoms with Gasteiger partial charge in [-0.25, -0.2) is 4.99 Å². The van der Waals surface area contributed by atoms with Crippen LogP contribution in [-0.2, 0) is 9.53 Å². The van der Waals surface area contributed by atoms with Gasteiger partial charge in [-0.15, -0.1) is 0 Å². The van der Waals surface area contributed by atoms with E-state index in [1.807, 2.05) is 37.3 Å². The number of ketones is 1. The molecule has 3 N–H and O–H groups in total. The van der Waals surface area contributed by atoms with Gasteiger partial charge in [-0.2, -0.15) is 0 Å². The molecule has 2 aromatic carbocycles. The minimum atomic E-state index is -0.868. The molecule has 0 radical (unpaired) electrons. The Kier molecular flexibility index (Phi) is 6.41. The number of hydrogen-bond acceptors (Lipinski definition) is 7. The molecule has 1 heterocycles. The topological polar surface area (TPSA) is 111 Å². The highest BCUT2D eigenvalue weighted by atomic mass is 16.5. The minimum absolute atomic E-state index is 0.122. The molecule has 7 nitrogen and oxygen atoms in total. The first-order valence-corrected chi connectivity index (χ1v) is 9.20. The molecule has 0 amide bonds. The van der Waals surface area contributed by atoms with Crippen LogP contribution in [0.2, 0.25) is 0 Å². The lowest BCUT2D eigenvalue weighted by molar-refractivity contribution is -0.114. The van der Waals surface area contributed by atoms with Crippen LogP contribution in [0.15, 0.2) is 64.6 Å². The maximum Gasteiger partial charge on any atom is 0.209 e. The number of carbonyl (C=O) groups excluding carboxylic acids is 1. The predicted molar refractivity (Wildman–Crippen MR) is 115 cm³/mol. The van der Waals surface area contributed by atoms with Crippen molar-refractivity contribution in [3.05, 3.63) is 71.3 Å². The van der Waals surface area contributed by atoms with Gasteiger partial charge in [0.15, 0.2) is 6.23 Å². The van der Waals surface area contributed by atoms with E-state index in [2.05, 4.69) is 15.3 Å². The molecule has 1 aliphatic rings. The Hall–Kier alpha value is -3.45. The van der Waals surface area contributed by atoms with Crippen molar-refractivity contribution in [3.8, 4) is 0 Å². The summed E-state index contributed by atoms with van der Waals surface area (Å²) >= 11 is 0. The molecule has 2 unspecified atom stereocenters. The molecule has 0 saturated heterocycles. The number of nitrogens with zero attached hydrogens (tertiary/aromatic N) is 2. The van der Waals surface area contributed by atoms with Gasteiger partial charge in [0.25, 0.3) is 0 Å². The average molecular weight is 389 g/mol. The van der Waals surface area contributed by atoms with E-state index in [9.17, 15) is 4.79 Å². The first kappa shape index (κ1) is 20.3. The molecule has 3 rings (SSSR count). The van der Waals surface area contributed by atoms with Crippen LogP contribution in [0.1, 0.15) is 22.7 Å². The normalized spacial score (nSPS) is 16.6. The number of ether oxygens (including phenoxy) is 1. The fourth-order valence-corrected chi connectivity index (χ4v) is 2.88. The van der Waals surface area contributed by atoms with Crippen LogP contribution in [0.4, 0.5) is 0 Å². The lowest BCUT2D eigenvalue weighted by atomic mass is 9.94. The van der Waals surface area contributed by atoms with Gasteiger partial charge in [-0.1, -0.05) is 60.2 Å². The standard InChI is InChI=1S/C22H23N5O2/c1-14-8-10-16(11-9-14)21(27-17-12-25-13-18(26-17)29-2)22(28)20(24)19(23)15-6-4-3-5-7-15/h3-12,18,21,23-24H,13H2,1-2H3,(H,26,27). The molecule has 29 heavy (non-hydrogen) atoms. The summed E-state index contributed by atoms with van der Waals surface area (Å²) < 4.78 is 5.23. The molecule has 7 heteroatoms. The van der Waals surface area contributed by atoms with Crippen molar-refractivity contribution in [2.75, 3.05) is 13.7 Å². The van der Waals surface area contributed by atoms with E-state index >= 15 is 0 Å². The third-order valence-electron chi connectivity index (χ3n) is 4.55. The third kappa shape index (κ3) is 4.89. The van der Waals surface area contributed by atoms with Crippen LogP contribution in [0, 0.1) is 17.7 Å². The lowest BCUT2D eigenvalue weighted by Gasteiger charge is -2.22. The number of benzene rings is 2. The van der Waals surface area contributed by atoms with Crippen LogP contribution < -0.4 is 5.32 Å². The van der Waals surface area contributed by atoms with Crippen molar-refractivity contribution in [1.29, 1.82) is 10.8 Å². The lowest BCUT2D eigenvalue weighted by Crippen LogP contribution is -2.41.